The van der Waals surface area contributed by atoms with Gasteiger partial charge in [-0.15, -0.1) is 0 Å². The van der Waals surface area contributed by atoms with E-state index in [2.05, 4.69) is 42.3 Å². The van der Waals surface area contributed by atoms with Crippen LogP contribution in [0.3, 0.4) is 0 Å². The molecule has 8 rings (SSSR count). The molecule has 3 aliphatic rings. The summed E-state index contributed by atoms with van der Waals surface area (Å²) in [4.78, 5) is 32.9. The molecule has 0 saturated carbocycles. The minimum Gasteiger partial charge on any atom is -0.456 e. The fourth-order valence-corrected chi connectivity index (χ4v) is 9.80. The number of carbonyl (C=O) groups is 1. The van der Waals surface area contributed by atoms with E-state index in [9.17, 15) is 28.4 Å². The Morgan fingerprint density at radius 3 is 2.54 bits per heavy atom. The van der Waals surface area contributed by atoms with Gasteiger partial charge in [0.2, 0.25) is 0 Å². The maximum absolute atomic E-state index is 14.0. The number of nitro benzene ring substituents is 1. The zero-order chi connectivity index (χ0) is 43.9. The lowest BCUT2D eigenvalue weighted by Crippen LogP contribution is -2.49. The summed E-state index contributed by atoms with van der Waals surface area (Å²) in [5.41, 5.74) is 5.18. The van der Waals surface area contributed by atoms with Crippen LogP contribution in [-0.4, -0.2) is 106 Å². The van der Waals surface area contributed by atoms with E-state index in [1.54, 1.807) is 30.5 Å². The Balaban J connectivity index is 1.01. The molecule has 1 atom stereocenters. The minimum atomic E-state index is -4.56. The zero-order valence-electron chi connectivity index (χ0n) is 34.9. The molecule has 5 N–H and O–H groups in total. The number of ether oxygens (including phenoxy) is 2. The molecular formula is C46H52ClN7O8S. The van der Waals surface area contributed by atoms with Crippen LogP contribution in [0, 0.1) is 16.0 Å². The van der Waals surface area contributed by atoms with Crippen molar-refractivity contribution in [2.75, 3.05) is 75.9 Å². The number of nitrogens with zero attached hydrogens (tertiary/aromatic N) is 3. The smallest absolute Gasteiger partial charge is 0.293 e. The second-order valence-corrected chi connectivity index (χ2v) is 18.3. The van der Waals surface area contributed by atoms with Crippen LogP contribution in [0.25, 0.3) is 16.5 Å². The van der Waals surface area contributed by atoms with Gasteiger partial charge in [-0.3, -0.25) is 19.8 Å². The van der Waals surface area contributed by atoms with Crippen LogP contribution in [0.1, 0.15) is 48.0 Å². The van der Waals surface area contributed by atoms with Crippen molar-refractivity contribution in [3.05, 3.63) is 123 Å². The lowest BCUT2D eigenvalue weighted by atomic mass is 9.87. The summed E-state index contributed by atoms with van der Waals surface area (Å²) in [5.74, 6) is -0.0687. The number of amides is 1. The number of fused-ring (bicyclic) bond motifs is 1. The van der Waals surface area contributed by atoms with Crippen LogP contribution in [0.5, 0.6) is 11.5 Å². The van der Waals surface area contributed by atoms with E-state index in [1.165, 1.54) is 23.3 Å². The molecule has 5 aromatic rings. The minimum absolute atomic E-state index is 0.0295. The van der Waals surface area contributed by atoms with Crippen molar-refractivity contribution in [1.82, 2.24) is 19.9 Å². The standard InChI is InChI=1S/C46H52ClN7O8S/c47-33-8-6-32(7-9-33)36-14-18-49-41(4-2-24-55)39(36)30-52-20-22-53(23-21-52)34-10-12-38(45(27-34)62-44-5-1-3-40-37(44)15-19-48-40)46(56)51-63(59,60)35-11-13-42(43(28-35)54(57)58)50-29-31-16-25-61-26-17-31/h1,3,5-13,15,19,27-28,31,41,48-50,55H,2,4,14,16-18,20-26,29-30H2,(H,51,56). The Hall–Kier alpha value is -5.49. The van der Waals surface area contributed by atoms with E-state index in [-0.39, 0.29) is 35.6 Å². The highest BCUT2D eigenvalue weighted by molar-refractivity contribution is 7.90. The SMILES string of the molecule is O=C(NS(=O)(=O)c1ccc(NCC2CCOCC2)c([N+](=O)[O-])c1)c1ccc(N2CCN(CC3=C(c4ccc(Cl)cc4)CCNC3CCCO)CC2)cc1Oc1cccc2[nH]ccc12. The molecule has 0 radical (unpaired) electrons. The summed E-state index contributed by atoms with van der Waals surface area (Å²) < 4.78 is 41.4. The number of sulfonamides is 1. The van der Waals surface area contributed by atoms with E-state index in [4.69, 9.17) is 21.1 Å². The summed E-state index contributed by atoms with van der Waals surface area (Å²) in [6.07, 6.45) is 5.86. The number of nitrogens with one attached hydrogen (secondary N) is 4. The highest BCUT2D eigenvalue weighted by Gasteiger charge is 2.29. The fourth-order valence-electron chi connectivity index (χ4n) is 8.69. The number of aliphatic hydroxyl groups is 1. The predicted molar refractivity (Wildman–Crippen MR) is 244 cm³/mol. The molecule has 4 aromatic carbocycles. The van der Waals surface area contributed by atoms with E-state index >= 15 is 0 Å². The van der Waals surface area contributed by atoms with Crippen molar-refractivity contribution < 1.29 is 32.7 Å². The number of nitro groups is 1. The monoisotopic (exact) mass is 897 g/mol. The van der Waals surface area contributed by atoms with Crippen molar-refractivity contribution in [3.63, 3.8) is 0 Å². The van der Waals surface area contributed by atoms with Gasteiger partial charge in [0, 0.05) is 105 Å². The predicted octanol–water partition coefficient (Wildman–Crippen LogP) is 7.19. The number of rotatable bonds is 16. The van der Waals surface area contributed by atoms with Crippen molar-refractivity contribution in [3.8, 4) is 11.5 Å². The Morgan fingerprint density at radius 1 is 0.984 bits per heavy atom. The molecule has 17 heteroatoms. The number of hydrogen-bond acceptors (Lipinski definition) is 12. The number of H-pyrrole nitrogens is 1. The lowest BCUT2D eigenvalue weighted by Gasteiger charge is -2.39. The molecule has 4 heterocycles. The number of hydrogen-bond donors (Lipinski definition) is 5. The second-order valence-electron chi connectivity index (χ2n) is 16.2. The molecular weight excluding hydrogens is 846 g/mol. The number of benzene rings is 4. The third-order valence-electron chi connectivity index (χ3n) is 12.2. The van der Waals surface area contributed by atoms with Crippen LogP contribution in [0.2, 0.25) is 5.02 Å². The van der Waals surface area contributed by atoms with Gasteiger partial charge in [0.25, 0.3) is 21.6 Å². The molecule has 15 nitrogen and oxygen atoms in total. The number of aliphatic hydroxyl groups excluding tert-OH is 1. The molecule has 0 spiro atoms. The van der Waals surface area contributed by atoms with Crippen LogP contribution in [0.15, 0.2) is 102 Å². The van der Waals surface area contributed by atoms with Gasteiger partial charge in [-0.2, -0.15) is 0 Å². The normalized spacial score (nSPS) is 17.8. The summed E-state index contributed by atoms with van der Waals surface area (Å²) >= 11 is 6.24. The summed E-state index contributed by atoms with van der Waals surface area (Å²) in [6, 6.07) is 24.2. The van der Waals surface area contributed by atoms with Crippen molar-refractivity contribution in [2.45, 2.75) is 43.0 Å². The Labute approximate surface area is 371 Å². The summed E-state index contributed by atoms with van der Waals surface area (Å²) in [6.45, 7) is 6.39. The van der Waals surface area contributed by atoms with Gasteiger partial charge in [0.15, 0.2) is 0 Å². The lowest BCUT2D eigenvalue weighted by molar-refractivity contribution is -0.384. The van der Waals surface area contributed by atoms with Gasteiger partial charge in [0.05, 0.1) is 15.4 Å². The molecule has 0 bridgehead atoms. The van der Waals surface area contributed by atoms with Gasteiger partial charge >= 0.3 is 0 Å². The van der Waals surface area contributed by atoms with Crippen molar-refractivity contribution in [1.29, 1.82) is 0 Å². The van der Waals surface area contributed by atoms with Crippen LogP contribution in [0.4, 0.5) is 17.1 Å². The highest BCUT2D eigenvalue weighted by Crippen LogP contribution is 2.36. The first kappa shape index (κ1) is 44.1. The number of halogens is 1. The third-order valence-corrected chi connectivity index (χ3v) is 13.7. The van der Waals surface area contributed by atoms with Crippen LogP contribution >= 0.6 is 11.6 Å². The molecule has 1 amide bonds. The number of anilines is 2. The van der Waals surface area contributed by atoms with E-state index in [1.807, 2.05) is 30.3 Å². The summed E-state index contributed by atoms with van der Waals surface area (Å²) in [7, 11) is -4.56. The summed E-state index contributed by atoms with van der Waals surface area (Å²) in [5, 5.41) is 30.0. The maximum atomic E-state index is 14.0. The zero-order valence-corrected chi connectivity index (χ0v) is 36.4. The number of carbonyl (C=O) groups excluding carboxylic acids is 1. The number of aromatic nitrogens is 1. The molecule has 2 saturated heterocycles. The molecule has 1 aromatic heterocycles. The fraction of sp³-hybridized carbons (Fsp3) is 0.370. The average molecular weight is 898 g/mol. The maximum Gasteiger partial charge on any atom is 0.293 e. The van der Waals surface area contributed by atoms with E-state index in [0.717, 1.165) is 80.1 Å². The largest absolute Gasteiger partial charge is 0.456 e. The Kier molecular flexibility index (Phi) is 13.9. The molecule has 332 valence electrons. The van der Waals surface area contributed by atoms with E-state index in [0.29, 0.717) is 50.0 Å². The van der Waals surface area contributed by atoms with Gasteiger partial charge in [0.1, 0.15) is 17.2 Å². The van der Waals surface area contributed by atoms with Crippen LogP contribution in [-0.2, 0) is 14.8 Å². The highest BCUT2D eigenvalue weighted by atomic mass is 35.5. The number of piperazine rings is 1. The molecule has 2 fully saturated rings. The van der Waals surface area contributed by atoms with Crippen LogP contribution < -0.4 is 25.0 Å². The second kappa shape index (κ2) is 19.9. The molecule has 1 unspecified atom stereocenters. The first-order valence-corrected chi connectivity index (χ1v) is 23.3. The van der Waals surface area contributed by atoms with Crippen molar-refractivity contribution in [2.24, 2.45) is 5.92 Å². The Morgan fingerprint density at radius 2 is 1.78 bits per heavy atom. The van der Waals surface area contributed by atoms with E-state index < -0.39 is 31.4 Å². The Bertz CT molecular complexity index is 2570. The molecule has 0 aliphatic carbocycles. The third kappa shape index (κ3) is 10.5. The van der Waals surface area contributed by atoms with Crippen molar-refractivity contribution >= 4 is 61.1 Å². The number of aromatic amines is 1. The van der Waals surface area contributed by atoms with Gasteiger partial charge in [-0.1, -0.05) is 29.8 Å². The van der Waals surface area contributed by atoms with Gasteiger partial charge < -0.3 is 35.1 Å². The molecule has 3 aliphatic heterocycles. The average Bonchev–Trinajstić information content (AvgIpc) is 3.79. The quantitative estimate of drug-likeness (QED) is 0.0496. The van der Waals surface area contributed by atoms with Gasteiger partial charge in [-0.25, -0.2) is 13.1 Å². The first-order valence-electron chi connectivity index (χ1n) is 21.4. The first-order chi connectivity index (χ1) is 30.6. The van der Waals surface area contributed by atoms with Gasteiger partial charge in [-0.05, 0) is 116 Å². The topological polar surface area (TPSA) is 191 Å². The molecule has 63 heavy (non-hydrogen) atoms.